The molecule has 0 unspecified atom stereocenters. The molecule has 7 heteroatoms. The van der Waals surface area contributed by atoms with Crippen LogP contribution in [0.1, 0.15) is 22.8 Å². The first kappa shape index (κ1) is 17.4. The molecule has 2 rings (SSSR count). The van der Waals surface area contributed by atoms with Gasteiger partial charge in [0.25, 0.3) is 5.91 Å². The van der Waals surface area contributed by atoms with Gasteiger partial charge in [-0.3, -0.25) is 9.59 Å². The number of carbonyl (C=O) groups is 2. The van der Waals surface area contributed by atoms with Crippen molar-refractivity contribution in [3.8, 4) is 5.75 Å². The molecular weight excluding hydrogens is 318 g/mol. The summed E-state index contributed by atoms with van der Waals surface area (Å²) in [4.78, 5) is 23.4. The molecule has 2 amide bonds. The molecule has 5 nitrogen and oxygen atoms in total. The van der Waals surface area contributed by atoms with Crippen LogP contribution in [-0.2, 0) is 4.79 Å². The van der Waals surface area contributed by atoms with Gasteiger partial charge in [0.15, 0.2) is 0 Å². The van der Waals surface area contributed by atoms with Crippen molar-refractivity contribution in [1.82, 2.24) is 0 Å². The zero-order valence-corrected chi connectivity index (χ0v) is 13.1. The van der Waals surface area contributed by atoms with Crippen LogP contribution in [0.25, 0.3) is 0 Å². The van der Waals surface area contributed by atoms with Gasteiger partial charge in [0, 0.05) is 23.9 Å². The third-order valence-electron chi connectivity index (χ3n) is 3.23. The number of carbonyl (C=O) groups excluding carboxylic acids is 2. The Balaban J connectivity index is 2.13. The van der Waals surface area contributed by atoms with Gasteiger partial charge in [-0.2, -0.15) is 8.78 Å². The lowest BCUT2D eigenvalue weighted by molar-refractivity contribution is -0.114. The van der Waals surface area contributed by atoms with Crippen LogP contribution < -0.4 is 15.4 Å². The molecule has 0 radical (unpaired) electrons. The average Bonchev–Trinajstić information content (AvgIpc) is 2.51. The summed E-state index contributed by atoms with van der Waals surface area (Å²) in [6.07, 6.45) is 0. The quantitative estimate of drug-likeness (QED) is 0.874. The molecule has 0 saturated heterocycles. The van der Waals surface area contributed by atoms with E-state index in [1.54, 1.807) is 25.1 Å². The fourth-order valence-electron chi connectivity index (χ4n) is 2.08. The summed E-state index contributed by atoms with van der Waals surface area (Å²) in [6.45, 7) is 0.248. The molecule has 0 aliphatic heterocycles. The highest BCUT2D eigenvalue weighted by molar-refractivity contribution is 6.05. The molecule has 0 spiro atoms. The van der Waals surface area contributed by atoms with E-state index in [-0.39, 0.29) is 11.7 Å². The molecule has 0 aromatic heterocycles. The maximum absolute atomic E-state index is 12.2. The Morgan fingerprint density at radius 1 is 1.00 bits per heavy atom. The van der Waals surface area contributed by atoms with E-state index in [4.69, 9.17) is 0 Å². The number of rotatable bonds is 5. The second-order valence-corrected chi connectivity index (χ2v) is 5.02. The molecule has 0 bridgehead atoms. The number of alkyl halides is 2. The lowest BCUT2D eigenvalue weighted by Crippen LogP contribution is -2.14. The van der Waals surface area contributed by atoms with Gasteiger partial charge in [-0.25, -0.2) is 0 Å². The van der Waals surface area contributed by atoms with Crippen molar-refractivity contribution >= 4 is 23.2 Å². The topological polar surface area (TPSA) is 67.4 Å². The third kappa shape index (κ3) is 4.52. The fraction of sp³-hybridized carbons (Fsp3) is 0.176. The van der Waals surface area contributed by atoms with E-state index < -0.39 is 12.5 Å². The first-order chi connectivity index (χ1) is 11.4. The van der Waals surface area contributed by atoms with Crippen LogP contribution in [0, 0.1) is 6.92 Å². The summed E-state index contributed by atoms with van der Waals surface area (Å²) in [6, 6.07) is 10.5. The van der Waals surface area contributed by atoms with Crippen molar-refractivity contribution in [2.24, 2.45) is 0 Å². The first-order valence-corrected chi connectivity index (χ1v) is 7.10. The van der Waals surface area contributed by atoms with Crippen LogP contribution in [0.15, 0.2) is 42.5 Å². The van der Waals surface area contributed by atoms with Crippen LogP contribution in [0.3, 0.4) is 0 Å². The summed E-state index contributed by atoms with van der Waals surface area (Å²) in [5.74, 6) is -0.636. The van der Waals surface area contributed by atoms with Gasteiger partial charge in [0.1, 0.15) is 5.75 Å². The second kappa shape index (κ2) is 7.54. The number of benzene rings is 2. The molecular formula is C17H16F2N2O3. The Morgan fingerprint density at radius 2 is 1.58 bits per heavy atom. The van der Waals surface area contributed by atoms with Crippen LogP contribution in [0.4, 0.5) is 20.2 Å². The minimum atomic E-state index is -2.91. The summed E-state index contributed by atoms with van der Waals surface area (Å²) in [5.41, 5.74) is 2.14. The Hall–Kier alpha value is -2.96. The van der Waals surface area contributed by atoms with Crippen molar-refractivity contribution in [3.05, 3.63) is 53.6 Å². The molecule has 0 saturated carbocycles. The van der Waals surface area contributed by atoms with E-state index in [0.717, 1.165) is 0 Å². The number of hydrogen-bond acceptors (Lipinski definition) is 3. The fourth-order valence-corrected chi connectivity index (χ4v) is 2.08. The molecule has 126 valence electrons. The Morgan fingerprint density at radius 3 is 2.12 bits per heavy atom. The number of hydrogen-bond donors (Lipinski definition) is 2. The number of halogens is 2. The Kier molecular flexibility index (Phi) is 5.47. The zero-order chi connectivity index (χ0) is 17.7. The number of ether oxygens (including phenoxy) is 1. The van der Waals surface area contributed by atoms with Gasteiger partial charge in [0.05, 0.1) is 0 Å². The highest BCUT2D eigenvalue weighted by Gasteiger charge is 2.11. The van der Waals surface area contributed by atoms with Gasteiger partial charge in [-0.15, -0.1) is 0 Å². The highest BCUT2D eigenvalue weighted by Crippen LogP contribution is 2.24. The molecule has 0 aliphatic rings. The number of anilines is 2. The molecule has 0 fully saturated rings. The van der Waals surface area contributed by atoms with Crippen molar-refractivity contribution in [2.75, 3.05) is 10.6 Å². The number of amides is 2. The smallest absolute Gasteiger partial charge is 0.387 e. The Labute approximate surface area is 137 Å². The van der Waals surface area contributed by atoms with Crippen LogP contribution in [0.5, 0.6) is 5.75 Å². The maximum atomic E-state index is 12.2. The second-order valence-electron chi connectivity index (χ2n) is 5.02. The Bertz CT molecular complexity index is 746. The first-order valence-electron chi connectivity index (χ1n) is 7.10. The predicted molar refractivity (Wildman–Crippen MR) is 86.5 cm³/mol. The third-order valence-corrected chi connectivity index (χ3v) is 3.23. The van der Waals surface area contributed by atoms with Crippen LogP contribution in [0.2, 0.25) is 0 Å². The van der Waals surface area contributed by atoms with Crippen molar-refractivity contribution < 1.29 is 23.1 Å². The number of nitrogens with one attached hydrogen (secondary N) is 2. The molecule has 2 aromatic rings. The van der Waals surface area contributed by atoms with Gasteiger partial charge < -0.3 is 15.4 Å². The van der Waals surface area contributed by atoms with E-state index in [0.29, 0.717) is 22.5 Å². The van der Waals surface area contributed by atoms with E-state index in [1.165, 1.54) is 31.2 Å². The summed E-state index contributed by atoms with van der Waals surface area (Å²) in [5, 5.41) is 5.40. The standard InChI is InChI=1S/C17H16F2N2O3/c1-10-14(20-11(2)22)4-3-5-15(10)21-16(23)12-6-8-13(9-7-12)24-17(18)19/h3-9,17H,1-2H3,(H,20,22)(H,21,23). The van der Waals surface area contributed by atoms with Gasteiger partial charge in [0.2, 0.25) is 5.91 Å². The molecule has 2 N–H and O–H groups in total. The van der Waals surface area contributed by atoms with E-state index >= 15 is 0 Å². The molecule has 2 aromatic carbocycles. The summed E-state index contributed by atoms with van der Waals surface area (Å²) in [7, 11) is 0. The minimum absolute atomic E-state index is 0.0228. The minimum Gasteiger partial charge on any atom is -0.435 e. The predicted octanol–water partition coefficient (Wildman–Crippen LogP) is 3.81. The van der Waals surface area contributed by atoms with Crippen molar-refractivity contribution in [1.29, 1.82) is 0 Å². The monoisotopic (exact) mass is 334 g/mol. The van der Waals surface area contributed by atoms with Crippen LogP contribution >= 0.6 is 0 Å². The van der Waals surface area contributed by atoms with Crippen molar-refractivity contribution in [2.45, 2.75) is 20.5 Å². The SMILES string of the molecule is CC(=O)Nc1cccc(NC(=O)c2ccc(OC(F)F)cc2)c1C. The van der Waals surface area contributed by atoms with Gasteiger partial charge in [-0.05, 0) is 48.9 Å². The maximum Gasteiger partial charge on any atom is 0.387 e. The molecule has 0 heterocycles. The summed E-state index contributed by atoms with van der Waals surface area (Å²) < 4.78 is 28.5. The van der Waals surface area contributed by atoms with Crippen LogP contribution in [-0.4, -0.2) is 18.4 Å². The van der Waals surface area contributed by atoms with E-state index in [2.05, 4.69) is 15.4 Å². The largest absolute Gasteiger partial charge is 0.435 e. The van der Waals surface area contributed by atoms with Gasteiger partial charge >= 0.3 is 6.61 Å². The zero-order valence-electron chi connectivity index (χ0n) is 13.1. The molecule has 0 aliphatic carbocycles. The van der Waals surface area contributed by atoms with E-state index in [1.807, 2.05) is 0 Å². The molecule has 24 heavy (non-hydrogen) atoms. The lowest BCUT2D eigenvalue weighted by atomic mass is 10.1. The lowest BCUT2D eigenvalue weighted by Gasteiger charge is -2.13. The van der Waals surface area contributed by atoms with Gasteiger partial charge in [-0.1, -0.05) is 6.07 Å². The average molecular weight is 334 g/mol. The summed E-state index contributed by atoms with van der Waals surface area (Å²) >= 11 is 0. The van der Waals surface area contributed by atoms with E-state index in [9.17, 15) is 18.4 Å². The molecule has 0 atom stereocenters. The highest BCUT2D eigenvalue weighted by atomic mass is 19.3. The normalized spacial score (nSPS) is 10.4. The van der Waals surface area contributed by atoms with Crippen molar-refractivity contribution in [3.63, 3.8) is 0 Å².